The van der Waals surface area contributed by atoms with Crippen molar-refractivity contribution in [1.82, 2.24) is 4.90 Å². The zero-order chi connectivity index (χ0) is 10.9. The zero-order valence-electron chi connectivity index (χ0n) is 10.3. The standard InChI is InChI=1S/C13H26N2/c1-11-10-12(14)6-9-15(11)13(2)7-4-3-5-8-13/h11-12H,3-10,14H2,1-2H3. The highest BCUT2D eigenvalue weighted by Gasteiger charge is 2.38. The third-order valence-electron chi connectivity index (χ3n) is 4.54. The normalized spacial score (nSPS) is 37.8. The fraction of sp³-hybridized carbons (Fsp3) is 1.00. The van der Waals surface area contributed by atoms with E-state index in [9.17, 15) is 0 Å². The average Bonchev–Trinajstić information content (AvgIpc) is 2.18. The molecule has 15 heavy (non-hydrogen) atoms. The Morgan fingerprint density at radius 3 is 2.47 bits per heavy atom. The number of likely N-dealkylation sites (tertiary alicyclic amines) is 1. The van der Waals surface area contributed by atoms with Crippen LogP contribution in [-0.2, 0) is 0 Å². The topological polar surface area (TPSA) is 29.3 Å². The first-order valence-corrected chi connectivity index (χ1v) is 6.64. The third kappa shape index (κ3) is 2.36. The molecule has 2 rings (SSSR count). The second-order valence-electron chi connectivity index (χ2n) is 5.88. The van der Waals surface area contributed by atoms with Gasteiger partial charge in [-0.15, -0.1) is 0 Å². The minimum Gasteiger partial charge on any atom is -0.328 e. The molecule has 1 aliphatic heterocycles. The molecular weight excluding hydrogens is 184 g/mol. The van der Waals surface area contributed by atoms with E-state index in [1.165, 1.54) is 51.5 Å². The second kappa shape index (κ2) is 4.42. The first-order chi connectivity index (χ1) is 7.12. The van der Waals surface area contributed by atoms with Gasteiger partial charge in [0.2, 0.25) is 0 Å². The lowest BCUT2D eigenvalue weighted by molar-refractivity contribution is 0.00608. The van der Waals surface area contributed by atoms with E-state index >= 15 is 0 Å². The van der Waals surface area contributed by atoms with Crippen molar-refractivity contribution < 1.29 is 0 Å². The molecule has 1 heterocycles. The molecule has 1 saturated heterocycles. The maximum absolute atomic E-state index is 6.03. The Labute approximate surface area is 94.2 Å². The summed E-state index contributed by atoms with van der Waals surface area (Å²) in [4.78, 5) is 2.75. The molecule has 2 N–H and O–H groups in total. The van der Waals surface area contributed by atoms with Gasteiger partial charge in [-0.3, -0.25) is 4.90 Å². The van der Waals surface area contributed by atoms with Crippen LogP contribution in [0.3, 0.4) is 0 Å². The molecule has 1 aliphatic carbocycles. The average molecular weight is 210 g/mol. The second-order valence-corrected chi connectivity index (χ2v) is 5.88. The molecule has 0 radical (unpaired) electrons. The van der Waals surface area contributed by atoms with Gasteiger partial charge in [0.25, 0.3) is 0 Å². The van der Waals surface area contributed by atoms with Crippen molar-refractivity contribution in [2.45, 2.75) is 76.4 Å². The van der Waals surface area contributed by atoms with Crippen LogP contribution < -0.4 is 5.73 Å². The molecule has 88 valence electrons. The SMILES string of the molecule is CC1CC(N)CCN1C1(C)CCCCC1. The maximum Gasteiger partial charge on any atom is 0.0184 e. The van der Waals surface area contributed by atoms with E-state index in [0.717, 1.165) is 0 Å². The Morgan fingerprint density at radius 1 is 1.20 bits per heavy atom. The molecule has 1 saturated carbocycles. The molecular formula is C13H26N2. The van der Waals surface area contributed by atoms with Gasteiger partial charge in [-0.2, -0.15) is 0 Å². The Hall–Kier alpha value is -0.0800. The molecule has 2 aliphatic rings. The van der Waals surface area contributed by atoms with Crippen molar-refractivity contribution >= 4 is 0 Å². The van der Waals surface area contributed by atoms with Crippen molar-refractivity contribution in [2.75, 3.05) is 6.54 Å². The van der Waals surface area contributed by atoms with Gasteiger partial charge in [-0.05, 0) is 39.5 Å². The van der Waals surface area contributed by atoms with Crippen LogP contribution in [0.1, 0.15) is 58.8 Å². The fourth-order valence-electron chi connectivity index (χ4n) is 3.61. The summed E-state index contributed by atoms with van der Waals surface area (Å²) in [6, 6.07) is 1.14. The predicted octanol–water partition coefficient (Wildman–Crippen LogP) is 2.52. The van der Waals surface area contributed by atoms with E-state index in [1.54, 1.807) is 0 Å². The largest absolute Gasteiger partial charge is 0.328 e. The molecule has 2 nitrogen and oxygen atoms in total. The summed E-state index contributed by atoms with van der Waals surface area (Å²) in [5, 5.41) is 0. The van der Waals surface area contributed by atoms with E-state index in [2.05, 4.69) is 18.7 Å². The van der Waals surface area contributed by atoms with Gasteiger partial charge in [-0.25, -0.2) is 0 Å². The first-order valence-electron chi connectivity index (χ1n) is 6.64. The molecule has 0 amide bonds. The molecule has 2 heteroatoms. The monoisotopic (exact) mass is 210 g/mol. The van der Waals surface area contributed by atoms with Crippen LogP contribution >= 0.6 is 0 Å². The lowest BCUT2D eigenvalue weighted by Crippen LogP contribution is -2.56. The summed E-state index contributed by atoms with van der Waals surface area (Å²) in [5.41, 5.74) is 6.52. The van der Waals surface area contributed by atoms with Gasteiger partial charge in [0, 0.05) is 24.2 Å². The van der Waals surface area contributed by atoms with Crippen molar-refractivity contribution in [2.24, 2.45) is 5.73 Å². The number of rotatable bonds is 1. The van der Waals surface area contributed by atoms with Gasteiger partial charge >= 0.3 is 0 Å². The van der Waals surface area contributed by atoms with Crippen LogP contribution in [0.5, 0.6) is 0 Å². The summed E-state index contributed by atoms with van der Waals surface area (Å²) in [6.07, 6.45) is 9.46. The molecule has 2 atom stereocenters. The van der Waals surface area contributed by atoms with Gasteiger partial charge < -0.3 is 5.73 Å². The minimum absolute atomic E-state index is 0.448. The van der Waals surface area contributed by atoms with Crippen LogP contribution in [0, 0.1) is 0 Å². The molecule has 2 unspecified atom stereocenters. The Kier molecular flexibility index (Phi) is 3.36. The van der Waals surface area contributed by atoms with Crippen LogP contribution in [0.25, 0.3) is 0 Å². The third-order valence-corrected chi connectivity index (χ3v) is 4.54. The molecule has 0 aromatic heterocycles. The van der Waals surface area contributed by atoms with E-state index in [-0.39, 0.29) is 0 Å². The van der Waals surface area contributed by atoms with Crippen molar-refractivity contribution in [3.05, 3.63) is 0 Å². The van der Waals surface area contributed by atoms with Gasteiger partial charge in [0.05, 0.1) is 0 Å². The molecule has 0 aromatic carbocycles. The molecule has 0 aromatic rings. The lowest BCUT2D eigenvalue weighted by Gasteiger charge is -2.50. The smallest absolute Gasteiger partial charge is 0.0184 e. The quantitative estimate of drug-likeness (QED) is 0.720. The van der Waals surface area contributed by atoms with Gasteiger partial charge in [-0.1, -0.05) is 19.3 Å². The van der Waals surface area contributed by atoms with Crippen LogP contribution in [0.4, 0.5) is 0 Å². The Bertz CT molecular complexity index is 209. The summed E-state index contributed by atoms with van der Waals surface area (Å²) in [5.74, 6) is 0. The van der Waals surface area contributed by atoms with E-state index in [4.69, 9.17) is 5.73 Å². The Morgan fingerprint density at radius 2 is 1.87 bits per heavy atom. The zero-order valence-corrected chi connectivity index (χ0v) is 10.3. The number of nitrogens with zero attached hydrogens (tertiary/aromatic N) is 1. The predicted molar refractivity (Wildman–Crippen MR) is 64.9 cm³/mol. The number of nitrogens with two attached hydrogens (primary N) is 1. The number of piperidine rings is 1. The van der Waals surface area contributed by atoms with Crippen LogP contribution in [0.15, 0.2) is 0 Å². The molecule has 2 fully saturated rings. The summed E-state index contributed by atoms with van der Waals surface area (Å²) < 4.78 is 0. The number of hydrogen-bond acceptors (Lipinski definition) is 2. The minimum atomic E-state index is 0.448. The van der Waals surface area contributed by atoms with Gasteiger partial charge in [0.15, 0.2) is 0 Å². The summed E-state index contributed by atoms with van der Waals surface area (Å²) >= 11 is 0. The van der Waals surface area contributed by atoms with Crippen molar-refractivity contribution in [3.8, 4) is 0 Å². The summed E-state index contributed by atoms with van der Waals surface area (Å²) in [7, 11) is 0. The van der Waals surface area contributed by atoms with Crippen LogP contribution in [-0.4, -0.2) is 29.1 Å². The molecule has 0 bridgehead atoms. The lowest BCUT2D eigenvalue weighted by atomic mass is 9.79. The first kappa shape index (κ1) is 11.4. The highest BCUT2D eigenvalue weighted by molar-refractivity contribution is 4.94. The van der Waals surface area contributed by atoms with Crippen molar-refractivity contribution in [3.63, 3.8) is 0 Å². The Balaban J connectivity index is 2.01. The highest BCUT2D eigenvalue weighted by atomic mass is 15.2. The van der Waals surface area contributed by atoms with Crippen LogP contribution in [0.2, 0.25) is 0 Å². The molecule has 0 spiro atoms. The highest BCUT2D eigenvalue weighted by Crippen LogP contribution is 2.36. The fourth-order valence-corrected chi connectivity index (χ4v) is 3.61. The van der Waals surface area contributed by atoms with E-state index in [1.807, 2.05) is 0 Å². The summed E-state index contributed by atoms with van der Waals surface area (Å²) in [6.45, 7) is 6.05. The van der Waals surface area contributed by atoms with E-state index < -0.39 is 0 Å². The van der Waals surface area contributed by atoms with Gasteiger partial charge in [0.1, 0.15) is 0 Å². The number of hydrogen-bond donors (Lipinski definition) is 1. The van der Waals surface area contributed by atoms with Crippen molar-refractivity contribution in [1.29, 1.82) is 0 Å². The van der Waals surface area contributed by atoms with E-state index in [0.29, 0.717) is 17.6 Å². The maximum atomic E-state index is 6.03.